The molecule has 1 fully saturated rings. The van der Waals surface area contributed by atoms with Crippen molar-refractivity contribution >= 4 is 23.6 Å². The number of hydrogen-bond acceptors (Lipinski definition) is 8. The van der Waals surface area contributed by atoms with Crippen molar-refractivity contribution < 1.29 is 18.6 Å². The summed E-state index contributed by atoms with van der Waals surface area (Å²) < 4.78 is 35.4. The minimum absolute atomic E-state index is 0.0679. The SMILES string of the molecule is C=C/C(OC)=C(\C(=C/C)OC)n1c(NSCCc2ccc(F)cc2C#N)nnc1C1CCOC1. The van der Waals surface area contributed by atoms with E-state index in [1.54, 1.807) is 26.4 Å². The van der Waals surface area contributed by atoms with E-state index in [0.717, 1.165) is 17.8 Å². The topological polar surface area (TPSA) is 94.2 Å². The molecular formula is C24H28FN5O3S. The number of aryl methyl sites for hydroxylation is 1. The monoisotopic (exact) mass is 485 g/mol. The molecule has 3 rings (SSSR count). The lowest BCUT2D eigenvalue weighted by Crippen LogP contribution is -2.15. The molecule has 0 amide bonds. The molecular weight excluding hydrogens is 457 g/mol. The Kier molecular flexibility index (Phi) is 9.13. The Balaban J connectivity index is 1.90. The van der Waals surface area contributed by atoms with E-state index in [2.05, 4.69) is 21.5 Å². The normalized spacial score (nSPS) is 16.6. The van der Waals surface area contributed by atoms with Crippen molar-refractivity contribution in [2.45, 2.75) is 25.7 Å². The maximum atomic E-state index is 13.4. The molecule has 8 nitrogen and oxygen atoms in total. The molecule has 0 radical (unpaired) electrons. The van der Waals surface area contributed by atoms with Crippen LogP contribution >= 0.6 is 11.9 Å². The van der Waals surface area contributed by atoms with Crippen LogP contribution in [-0.2, 0) is 20.6 Å². The highest BCUT2D eigenvalue weighted by Gasteiger charge is 2.29. The Labute approximate surface area is 203 Å². The maximum absolute atomic E-state index is 13.4. The largest absolute Gasteiger partial charge is 0.495 e. The third-order valence-electron chi connectivity index (χ3n) is 5.39. The van der Waals surface area contributed by atoms with Crippen molar-refractivity contribution in [3.63, 3.8) is 0 Å². The molecule has 10 heteroatoms. The number of halogens is 1. The summed E-state index contributed by atoms with van der Waals surface area (Å²) in [5.41, 5.74) is 1.75. The van der Waals surface area contributed by atoms with Gasteiger partial charge in [0.25, 0.3) is 0 Å². The first-order valence-electron chi connectivity index (χ1n) is 10.8. The third kappa shape index (κ3) is 5.61. The summed E-state index contributed by atoms with van der Waals surface area (Å²) >= 11 is 1.41. The number of benzene rings is 1. The van der Waals surface area contributed by atoms with Gasteiger partial charge in [-0.3, -0.25) is 9.29 Å². The van der Waals surface area contributed by atoms with Gasteiger partial charge >= 0.3 is 0 Å². The lowest BCUT2D eigenvalue weighted by molar-refractivity contribution is 0.193. The van der Waals surface area contributed by atoms with Crippen LogP contribution in [-0.4, -0.2) is 48.0 Å². The van der Waals surface area contributed by atoms with Crippen molar-refractivity contribution in [2.24, 2.45) is 0 Å². The van der Waals surface area contributed by atoms with Gasteiger partial charge in [-0.15, -0.1) is 10.2 Å². The number of nitriles is 1. The van der Waals surface area contributed by atoms with Crippen molar-refractivity contribution in [1.29, 1.82) is 5.26 Å². The second-order valence-electron chi connectivity index (χ2n) is 7.37. The van der Waals surface area contributed by atoms with E-state index in [0.29, 0.717) is 54.1 Å². The van der Waals surface area contributed by atoms with Crippen molar-refractivity contribution in [1.82, 2.24) is 14.8 Å². The van der Waals surface area contributed by atoms with Crippen molar-refractivity contribution in [3.8, 4) is 6.07 Å². The Hall–Kier alpha value is -3.29. The summed E-state index contributed by atoms with van der Waals surface area (Å²) in [5, 5.41) is 18.1. The number of rotatable bonds is 11. The smallest absolute Gasteiger partial charge is 0.239 e. The molecule has 1 N–H and O–H groups in total. The first kappa shape index (κ1) is 25.3. The first-order chi connectivity index (χ1) is 16.6. The van der Waals surface area contributed by atoms with Crippen LogP contribution in [0.4, 0.5) is 10.3 Å². The minimum Gasteiger partial charge on any atom is -0.495 e. The lowest BCUT2D eigenvalue weighted by atomic mass is 10.1. The Morgan fingerprint density at radius 2 is 2.24 bits per heavy atom. The fourth-order valence-corrected chi connectivity index (χ4v) is 4.39. The molecule has 1 saturated heterocycles. The van der Waals surface area contributed by atoms with Crippen LogP contribution in [0.1, 0.15) is 36.2 Å². The lowest BCUT2D eigenvalue weighted by Gasteiger charge is -2.20. The molecule has 34 heavy (non-hydrogen) atoms. The van der Waals surface area contributed by atoms with Crippen LogP contribution in [0, 0.1) is 17.1 Å². The Morgan fingerprint density at radius 3 is 2.85 bits per heavy atom. The summed E-state index contributed by atoms with van der Waals surface area (Å²) in [7, 11) is 3.16. The number of aromatic nitrogens is 3. The van der Waals surface area contributed by atoms with E-state index in [1.165, 1.54) is 24.1 Å². The van der Waals surface area contributed by atoms with Crippen LogP contribution in [0.5, 0.6) is 0 Å². The van der Waals surface area contributed by atoms with E-state index in [-0.39, 0.29) is 5.92 Å². The molecule has 0 bridgehead atoms. The number of nitrogens with zero attached hydrogens (tertiary/aromatic N) is 4. The van der Waals surface area contributed by atoms with E-state index >= 15 is 0 Å². The molecule has 1 unspecified atom stereocenters. The zero-order valence-electron chi connectivity index (χ0n) is 19.5. The fourth-order valence-electron chi connectivity index (χ4n) is 3.70. The number of anilines is 1. The highest BCUT2D eigenvalue weighted by atomic mass is 32.2. The molecule has 1 aromatic carbocycles. The number of ether oxygens (including phenoxy) is 3. The minimum atomic E-state index is -0.420. The number of nitrogens with one attached hydrogen (secondary N) is 1. The zero-order chi connectivity index (χ0) is 24.5. The molecule has 1 aliphatic rings. The van der Waals surface area contributed by atoms with E-state index in [4.69, 9.17) is 14.2 Å². The zero-order valence-corrected chi connectivity index (χ0v) is 20.3. The molecule has 1 aliphatic heterocycles. The molecule has 2 heterocycles. The van der Waals surface area contributed by atoms with Gasteiger partial charge in [0.05, 0.1) is 32.5 Å². The summed E-state index contributed by atoms with van der Waals surface area (Å²) in [6.07, 6.45) is 4.85. The second-order valence-corrected chi connectivity index (χ2v) is 8.27. The van der Waals surface area contributed by atoms with Crippen LogP contribution in [0.15, 0.2) is 48.4 Å². The first-order valence-corrected chi connectivity index (χ1v) is 11.8. The van der Waals surface area contributed by atoms with Crippen LogP contribution in [0.3, 0.4) is 0 Å². The number of hydrogen-bond donors (Lipinski definition) is 1. The van der Waals surface area contributed by atoms with Gasteiger partial charge in [-0.05, 0) is 61.6 Å². The average Bonchev–Trinajstić information content (AvgIpc) is 3.52. The maximum Gasteiger partial charge on any atom is 0.239 e. The molecule has 0 saturated carbocycles. The molecule has 0 aliphatic carbocycles. The van der Waals surface area contributed by atoms with Gasteiger partial charge in [-0.25, -0.2) is 4.39 Å². The third-order valence-corrected chi connectivity index (χ3v) is 6.13. The predicted octanol–water partition coefficient (Wildman–Crippen LogP) is 4.65. The number of allylic oxidation sites excluding steroid dienone is 3. The fraction of sp³-hybridized carbons (Fsp3) is 0.375. The summed E-state index contributed by atoms with van der Waals surface area (Å²) in [5.74, 6) is 2.58. The second kappa shape index (κ2) is 12.3. The van der Waals surface area contributed by atoms with Crippen molar-refractivity contribution in [2.75, 3.05) is 37.9 Å². The predicted molar refractivity (Wildman–Crippen MR) is 130 cm³/mol. The van der Waals surface area contributed by atoms with Crippen LogP contribution < -0.4 is 4.72 Å². The molecule has 1 aromatic heterocycles. The van der Waals surface area contributed by atoms with Crippen LogP contribution in [0.2, 0.25) is 0 Å². The van der Waals surface area contributed by atoms with Crippen molar-refractivity contribution in [3.05, 3.63) is 71.2 Å². The highest BCUT2D eigenvalue weighted by Crippen LogP contribution is 2.33. The summed E-state index contributed by atoms with van der Waals surface area (Å²) in [6.45, 7) is 6.96. The Morgan fingerprint density at radius 1 is 1.41 bits per heavy atom. The van der Waals surface area contributed by atoms with Crippen LogP contribution in [0.25, 0.3) is 5.70 Å². The quantitative estimate of drug-likeness (QED) is 0.213. The standard InChI is InChI=1S/C24H28FN5O3S/c1-5-20(31-3)22(21(6-2)32-4)30-23(17-9-11-33-15-17)27-28-24(30)29-34-12-10-16-7-8-19(25)13-18(16)14-26/h5-8,13,17H,1,9-12,15H2,2-4H3,(H,28,29)/b21-6+,22-20-. The average molecular weight is 486 g/mol. The van der Waals surface area contributed by atoms with Gasteiger partial charge in [0.15, 0.2) is 0 Å². The highest BCUT2D eigenvalue weighted by molar-refractivity contribution is 8.00. The molecule has 0 spiro atoms. The van der Waals surface area contributed by atoms with Gasteiger partial charge in [0, 0.05) is 18.3 Å². The van der Waals surface area contributed by atoms with E-state index in [9.17, 15) is 9.65 Å². The Bertz CT molecular complexity index is 1120. The van der Waals surface area contributed by atoms with E-state index < -0.39 is 5.82 Å². The molecule has 180 valence electrons. The molecule has 1 atom stereocenters. The van der Waals surface area contributed by atoms with Gasteiger partial charge in [0.2, 0.25) is 5.95 Å². The van der Waals surface area contributed by atoms with Gasteiger partial charge in [-0.2, -0.15) is 5.26 Å². The van der Waals surface area contributed by atoms with Gasteiger partial charge < -0.3 is 14.2 Å². The number of methoxy groups -OCH3 is 2. The summed E-state index contributed by atoms with van der Waals surface area (Å²) in [6, 6.07) is 6.30. The van der Waals surface area contributed by atoms with Gasteiger partial charge in [-0.1, -0.05) is 12.6 Å². The van der Waals surface area contributed by atoms with E-state index in [1.807, 2.05) is 23.6 Å². The molecule has 2 aromatic rings. The summed E-state index contributed by atoms with van der Waals surface area (Å²) in [4.78, 5) is 0. The van der Waals surface area contributed by atoms with Gasteiger partial charge in [0.1, 0.15) is 28.9 Å².